The van der Waals surface area contributed by atoms with Crippen LogP contribution in [0.25, 0.3) is 27.1 Å². The Morgan fingerprint density at radius 3 is 2.15 bits per heavy atom. The number of allylic oxidation sites excluding steroid dienone is 8. The number of nitrogens with zero attached hydrogens (tertiary/aromatic N) is 4. The van der Waals surface area contributed by atoms with Crippen molar-refractivity contribution in [2.75, 3.05) is 11.9 Å². The van der Waals surface area contributed by atoms with Crippen molar-refractivity contribution in [3.63, 3.8) is 0 Å². The molecule has 0 radical (unpaired) electrons. The fourth-order valence-electron chi connectivity index (χ4n) is 7.34. The van der Waals surface area contributed by atoms with Gasteiger partial charge in [-0.1, -0.05) is 72.8 Å². The molecule has 1 aliphatic carbocycles. The third-order valence-corrected chi connectivity index (χ3v) is 10.4. The first kappa shape index (κ1) is 36.1. The van der Waals surface area contributed by atoms with E-state index in [1.807, 2.05) is 37.3 Å². The van der Waals surface area contributed by atoms with Crippen LogP contribution in [0, 0.1) is 13.8 Å². The van der Waals surface area contributed by atoms with E-state index in [1.165, 1.54) is 36.2 Å². The van der Waals surface area contributed by atoms with Gasteiger partial charge in [0.1, 0.15) is 5.56 Å². The number of aromatic hydroxyl groups is 1. The maximum atomic E-state index is 14.1. The van der Waals surface area contributed by atoms with Crippen LogP contribution in [0.4, 0.5) is 11.4 Å². The summed E-state index contributed by atoms with van der Waals surface area (Å²) in [6.45, 7) is 12.3. The lowest BCUT2D eigenvalue weighted by atomic mass is 9.83. The maximum absolute atomic E-state index is 14.1. The van der Waals surface area contributed by atoms with Gasteiger partial charge in [0, 0.05) is 37.2 Å². The van der Waals surface area contributed by atoms with E-state index in [4.69, 9.17) is 4.99 Å². The Bertz CT molecular complexity index is 2470. The van der Waals surface area contributed by atoms with E-state index in [0.29, 0.717) is 12.0 Å². The van der Waals surface area contributed by atoms with E-state index in [0.717, 1.165) is 52.3 Å². The van der Waals surface area contributed by atoms with Crippen molar-refractivity contribution in [3.8, 4) is 5.88 Å². The lowest BCUT2D eigenvalue weighted by Crippen LogP contribution is -2.41. The molecule has 0 saturated heterocycles. The predicted molar refractivity (Wildman–Crippen MR) is 218 cm³/mol. The summed E-state index contributed by atoms with van der Waals surface area (Å²) in [7, 11) is 2.06. The Labute approximate surface area is 305 Å². The van der Waals surface area contributed by atoms with Gasteiger partial charge in [-0.3, -0.25) is 18.9 Å². The third kappa shape index (κ3) is 6.83. The van der Waals surface area contributed by atoms with Gasteiger partial charge in [0.05, 0.1) is 5.69 Å². The van der Waals surface area contributed by atoms with Gasteiger partial charge in [0.25, 0.3) is 5.56 Å². The fraction of sp³-hybridized carbons (Fsp3) is 0.267. The van der Waals surface area contributed by atoms with Crippen LogP contribution in [-0.4, -0.2) is 27.0 Å². The minimum Gasteiger partial charge on any atom is -0.494 e. The Kier molecular flexibility index (Phi) is 10.6. The summed E-state index contributed by atoms with van der Waals surface area (Å²) in [5, 5.41) is 16.4. The second-order valence-electron chi connectivity index (χ2n) is 13.5. The molecule has 5 aromatic rings. The topological polar surface area (TPSA) is 79.8 Å². The van der Waals surface area contributed by atoms with Crippen LogP contribution < -0.4 is 16.1 Å². The second kappa shape index (κ2) is 15.3. The first-order valence-corrected chi connectivity index (χ1v) is 18.2. The van der Waals surface area contributed by atoms with Crippen LogP contribution in [-0.2, 0) is 13.1 Å². The van der Waals surface area contributed by atoms with Crippen LogP contribution in [0.5, 0.6) is 5.88 Å². The van der Waals surface area contributed by atoms with Crippen molar-refractivity contribution in [3.05, 3.63) is 151 Å². The van der Waals surface area contributed by atoms with Crippen LogP contribution in [0.2, 0.25) is 0 Å². The number of anilines is 1. The standard InChI is InChI=1S/C45H48N4O3/c1-8-48-43(50)42(44(51)49(9-2)45(48)52)41-35(23-21-29(3)46-39-27-25-33-15-10-12-19-37(33)31(39)5)17-14-18-36(41)24-22-30(4)47(7)40-28-26-34-16-11-13-20-38(34)32(40)6/h10-13,15-16,19-28,50H,8-9,14,17-18H2,1-7H3/b23-21+,30-22+,36-24+,46-29?. The lowest BCUT2D eigenvalue weighted by molar-refractivity contribution is 0.393. The van der Waals surface area contributed by atoms with Gasteiger partial charge in [-0.2, -0.15) is 0 Å². The molecule has 0 bridgehead atoms. The summed E-state index contributed by atoms with van der Waals surface area (Å²) < 4.78 is 2.50. The second-order valence-corrected chi connectivity index (χ2v) is 13.5. The smallest absolute Gasteiger partial charge is 0.333 e. The minimum absolute atomic E-state index is 0.165. The highest BCUT2D eigenvalue weighted by Crippen LogP contribution is 2.39. The van der Waals surface area contributed by atoms with Crippen LogP contribution >= 0.6 is 0 Å². The molecule has 7 heteroatoms. The van der Waals surface area contributed by atoms with Gasteiger partial charge in [0.15, 0.2) is 0 Å². The molecule has 266 valence electrons. The van der Waals surface area contributed by atoms with Crippen LogP contribution in [0.1, 0.15) is 63.6 Å². The van der Waals surface area contributed by atoms with Gasteiger partial charge in [-0.25, -0.2) is 4.79 Å². The monoisotopic (exact) mass is 692 g/mol. The van der Waals surface area contributed by atoms with Crippen molar-refractivity contribution in [1.82, 2.24) is 9.13 Å². The molecule has 0 unspecified atom stereocenters. The van der Waals surface area contributed by atoms with Crippen molar-refractivity contribution < 1.29 is 5.11 Å². The van der Waals surface area contributed by atoms with E-state index >= 15 is 0 Å². The molecule has 0 aliphatic heterocycles. The van der Waals surface area contributed by atoms with Crippen molar-refractivity contribution in [1.29, 1.82) is 0 Å². The molecule has 1 N–H and O–H groups in total. The van der Waals surface area contributed by atoms with Crippen molar-refractivity contribution in [2.45, 2.75) is 73.9 Å². The Morgan fingerprint density at radius 2 is 1.48 bits per heavy atom. The first-order chi connectivity index (χ1) is 25.0. The first-order valence-electron chi connectivity index (χ1n) is 18.2. The SMILES string of the molecule is CCn1c(O)c(C2=C(/C=C/C(C)=Nc3ccc4ccccc4c3C)CCC/C2=C\C=C(/C)N(C)c2ccc3ccccc3c2C)c(=O)n(CC)c1=O. The fourth-order valence-corrected chi connectivity index (χ4v) is 7.34. The Hall–Kier alpha value is -5.69. The van der Waals surface area contributed by atoms with E-state index in [1.54, 1.807) is 13.8 Å². The molecule has 1 heterocycles. The highest BCUT2D eigenvalue weighted by atomic mass is 16.3. The van der Waals surface area contributed by atoms with E-state index in [9.17, 15) is 14.7 Å². The summed E-state index contributed by atoms with van der Waals surface area (Å²) in [4.78, 5) is 34.4. The summed E-state index contributed by atoms with van der Waals surface area (Å²) >= 11 is 0. The molecule has 1 aliphatic rings. The van der Waals surface area contributed by atoms with Crippen LogP contribution in [0.3, 0.4) is 0 Å². The molecule has 4 aromatic carbocycles. The summed E-state index contributed by atoms with van der Waals surface area (Å²) in [6.07, 6.45) is 10.5. The van der Waals surface area contributed by atoms with E-state index < -0.39 is 11.2 Å². The summed E-state index contributed by atoms with van der Waals surface area (Å²) in [6, 6.07) is 25.1. The molecule has 0 saturated carbocycles. The Balaban J connectivity index is 1.47. The summed E-state index contributed by atoms with van der Waals surface area (Å²) in [5.41, 5.74) is 7.89. The number of rotatable bonds is 9. The van der Waals surface area contributed by atoms with Gasteiger partial charge in [-0.15, -0.1) is 0 Å². The largest absolute Gasteiger partial charge is 0.494 e. The zero-order chi connectivity index (χ0) is 37.1. The lowest BCUT2D eigenvalue weighted by Gasteiger charge is -2.25. The number of hydrogen-bond acceptors (Lipinski definition) is 5. The average Bonchev–Trinajstić information content (AvgIpc) is 3.15. The molecule has 0 amide bonds. The third-order valence-electron chi connectivity index (χ3n) is 10.4. The number of hydrogen-bond donors (Lipinski definition) is 1. The molecule has 6 rings (SSSR count). The highest BCUT2D eigenvalue weighted by Gasteiger charge is 2.27. The molecule has 0 fully saturated rings. The molecule has 1 aromatic heterocycles. The van der Waals surface area contributed by atoms with Gasteiger partial charge >= 0.3 is 5.69 Å². The normalized spacial score (nSPS) is 15.1. The van der Waals surface area contributed by atoms with Crippen molar-refractivity contribution >= 4 is 44.2 Å². The summed E-state index contributed by atoms with van der Waals surface area (Å²) in [5.74, 6) is -0.294. The maximum Gasteiger partial charge on any atom is 0.333 e. The zero-order valence-electron chi connectivity index (χ0n) is 31.3. The van der Waals surface area contributed by atoms with Crippen LogP contribution in [0.15, 0.2) is 129 Å². The highest BCUT2D eigenvalue weighted by molar-refractivity contribution is 5.98. The molecule has 7 nitrogen and oxygen atoms in total. The average molecular weight is 693 g/mol. The number of benzene rings is 4. The van der Waals surface area contributed by atoms with Gasteiger partial charge < -0.3 is 10.0 Å². The van der Waals surface area contributed by atoms with E-state index in [-0.39, 0.29) is 24.5 Å². The zero-order valence-corrected chi connectivity index (χ0v) is 31.3. The quantitative estimate of drug-likeness (QED) is 0.156. The minimum atomic E-state index is -0.507. The van der Waals surface area contributed by atoms with Gasteiger partial charge in [0.2, 0.25) is 5.88 Å². The van der Waals surface area contributed by atoms with Crippen molar-refractivity contribution in [2.24, 2.45) is 4.99 Å². The van der Waals surface area contributed by atoms with Gasteiger partial charge in [-0.05, 0) is 134 Å². The molecular weight excluding hydrogens is 645 g/mol. The number of fused-ring (bicyclic) bond motifs is 2. The predicted octanol–water partition coefficient (Wildman–Crippen LogP) is 9.93. The van der Waals surface area contributed by atoms with E-state index in [2.05, 4.69) is 99.5 Å². The number of aliphatic imine (C=N–C) groups is 1. The molecule has 0 spiro atoms. The number of aromatic nitrogens is 2. The molecule has 52 heavy (non-hydrogen) atoms. The number of aryl methyl sites for hydroxylation is 2. The Morgan fingerprint density at radius 1 is 0.846 bits per heavy atom. The molecular formula is C45H48N4O3. The molecule has 0 atom stereocenters.